The number of furan rings is 1. The van der Waals surface area contributed by atoms with Crippen molar-refractivity contribution < 1.29 is 4.42 Å². The van der Waals surface area contributed by atoms with E-state index in [2.05, 4.69) is 129 Å². The minimum atomic E-state index is 0.0190. The predicted octanol–water partition coefficient (Wildman–Crippen LogP) is 11.7. The van der Waals surface area contributed by atoms with Crippen LogP contribution in [0.5, 0.6) is 0 Å². The topological polar surface area (TPSA) is 25.2 Å². The molecule has 2 aromatic heterocycles. The second-order valence-corrected chi connectivity index (χ2v) is 13.5. The molecule has 3 heteroatoms. The van der Waals surface area contributed by atoms with Crippen molar-refractivity contribution in [2.75, 3.05) is 5.32 Å². The molecule has 1 N–H and O–H groups in total. The van der Waals surface area contributed by atoms with E-state index in [9.17, 15) is 0 Å². The molecular weight excluding hydrogens is 543 g/mol. The second kappa shape index (κ2) is 9.45. The lowest BCUT2D eigenvalue weighted by Gasteiger charge is -2.23. The van der Waals surface area contributed by atoms with Crippen LogP contribution in [0.1, 0.15) is 49.9 Å². The maximum atomic E-state index is 5.60. The summed E-state index contributed by atoms with van der Waals surface area (Å²) in [5.74, 6) is 0. The Bertz CT molecular complexity index is 2070. The van der Waals surface area contributed by atoms with Crippen molar-refractivity contribution in [3.63, 3.8) is 0 Å². The number of thiophene rings is 1. The summed E-state index contributed by atoms with van der Waals surface area (Å²) < 4.78 is 5.60. The highest BCUT2D eigenvalue weighted by molar-refractivity contribution is 7.09. The zero-order valence-electron chi connectivity index (χ0n) is 24.9. The molecule has 0 saturated heterocycles. The number of nitrogens with one attached hydrogen (secondary N) is 1. The molecule has 2 aliphatic carbocycles. The molecule has 7 aromatic rings. The molecule has 0 spiro atoms. The highest BCUT2D eigenvalue weighted by atomic mass is 32.1. The molecule has 0 atom stereocenters. The Balaban J connectivity index is 0.000000192. The molecule has 0 amide bonds. The summed E-state index contributed by atoms with van der Waals surface area (Å²) in [7, 11) is 0. The molecule has 210 valence electrons. The summed E-state index contributed by atoms with van der Waals surface area (Å²) in [5, 5.41) is 10.3. The first kappa shape index (κ1) is 26.1. The minimum absolute atomic E-state index is 0.0190. The SMILES string of the molecule is CC1(C)c2ccccc2-c2ccc(Nc3ccc4c(c3)C(C)(C)c3ccccc3-4)cc21.c1ccc2c(c1)oc1cscc12. The fraction of sp³-hybridized carbons (Fsp3) is 0.150. The quantitative estimate of drug-likeness (QED) is 0.222. The van der Waals surface area contributed by atoms with Crippen LogP contribution in [0, 0.1) is 0 Å². The molecule has 0 aliphatic heterocycles. The van der Waals surface area contributed by atoms with E-state index < -0.39 is 0 Å². The Labute approximate surface area is 256 Å². The van der Waals surface area contributed by atoms with Gasteiger partial charge in [-0.3, -0.25) is 0 Å². The van der Waals surface area contributed by atoms with Gasteiger partial charge in [-0.15, -0.1) is 11.3 Å². The lowest BCUT2D eigenvalue weighted by molar-refractivity contribution is 0.660. The molecule has 0 radical (unpaired) electrons. The third-order valence-electron chi connectivity index (χ3n) is 9.48. The molecule has 0 unspecified atom stereocenters. The van der Waals surface area contributed by atoms with E-state index in [1.54, 1.807) is 11.3 Å². The number of hydrogen-bond acceptors (Lipinski definition) is 3. The van der Waals surface area contributed by atoms with Gasteiger partial charge in [-0.1, -0.05) is 107 Å². The van der Waals surface area contributed by atoms with Gasteiger partial charge in [0, 0.05) is 43.7 Å². The Morgan fingerprint density at radius 3 is 1.60 bits per heavy atom. The first-order valence-corrected chi connectivity index (χ1v) is 15.9. The molecule has 2 aliphatic rings. The zero-order valence-corrected chi connectivity index (χ0v) is 25.7. The van der Waals surface area contributed by atoms with Crippen LogP contribution in [0.3, 0.4) is 0 Å². The van der Waals surface area contributed by atoms with Crippen LogP contribution in [0.2, 0.25) is 0 Å². The summed E-state index contributed by atoms with van der Waals surface area (Å²) in [6, 6.07) is 39.4. The predicted molar refractivity (Wildman–Crippen MR) is 183 cm³/mol. The molecule has 2 heterocycles. The van der Waals surface area contributed by atoms with Crippen molar-refractivity contribution in [3.05, 3.63) is 142 Å². The summed E-state index contributed by atoms with van der Waals surface area (Å²) in [6.45, 7) is 9.32. The van der Waals surface area contributed by atoms with Crippen molar-refractivity contribution in [2.45, 2.75) is 38.5 Å². The monoisotopic (exact) mass is 575 g/mol. The van der Waals surface area contributed by atoms with Gasteiger partial charge in [0.2, 0.25) is 0 Å². The fourth-order valence-corrected chi connectivity index (χ4v) is 7.93. The van der Waals surface area contributed by atoms with E-state index in [0.717, 1.165) is 22.5 Å². The number of hydrogen-bond donors (Lipinski definition) is 1. The normalized spacial score (nSPS) is 14.9. The molecule has 0 fully saturated rings. The Morgan fingerprint density at radius 1 is 0.488 bits per heavy atom. The van der Waals surface area contributed by atoms with Crippen molar-refractivity contribution in [3.8, 4) is 22.3 Å². The number of fused-ring (bicyclic) bond motifs is 9. The average Bonchev–Trinajstić information content (AvgIpc) is 3.73. The maximum absolute atomic E-state index is 5.60. The van der Waals surface area contributed by atoms with Crippen LogP contribution in [-0.2, 0) is 10.8 Å². The largest absolute Gasteiger partial charge is 0.455 e. The van der Waals surface area contributed by atoms with Gasteiger partial charge in [-0.05, 0) is 74.8 Å². The van der Waals surface area contributed by atoms with Gasteiger partial charge < -0.3 is 9.73 Å². The highest BCUT2D eigenvalue weighted by Crippen LogP contribution is 2.51. The van der Waals surface area contributed by atoms with Gasteiger partial charge >= 0.3 is 0 Å². The molecular formula is C40H33NOS. The third kappa shape index (κ3) is 3.99. The van der Waals surface area contributed by atoms with E-state index in [1.807, 2.05) is 23.6 Å². The van der Waals surface area contributed by atoms with Crippen LogP contribution in [0.15, 0.2) is 124 Å². The third-order valence-corrected chi connectivity index (χ3v) is 10.2. The zero-order chi connectivity index (χ0) is 29.3. The standard InChI is InChI=1S/C30H27N.C10H6OS/c1-29(2)25-11-7-5-9-21(25)23-15-13-19(17-27(23)29)31-20-14-16-24-22-10-6-8-12-26(22)30(3,4)28(24)18-20;1-2-4-9-7(3-1)8-5-12-6-10(8)11-9/h5-18,31H,1-4H3;1-6H. The van der Waals surface area contributed by atoms with Crippen LogP contribution in [0.25, 0.3) is 44.2 Å². The maximum Gasteiger partial charge on any atom is 0.146 e. The lowest BCUT2D eigenvalue weighted by Crippen LogP contribution is -2.15. The van der Waals surface area contributed by atoms with E-state index >= 15 is 0 Å². The molecule has 0 bridgehead atoms. The molecule has 43 heavy (non-hydrogen) atoms. The Kier molecular flexibility index (Phi) is 5.73. The molecule has 9 rings (SSSR count). The fourth-order valence-electron chi connectivity index (χ4n) is 7.19. The number of para-hydroxylation sites is 1. The summed E-state index contributed by atoms with van der Waals surface area (Å²) in [6.07, 6.45) is 0. The van der Waals surface area contributed by atoms with E-state index in [0.29, 0.717) is 0 Å². The lowest BCUT2D eigenvalue weighted by atomic mass is 9.82. The van der Waals surface area contributed by atoms with Gasteiger partial charge in [0.1, 0.15) is 11.2 Å². The highest BCUT2D eigenvalue weighted by Gasteiger charge is 2.36. The van der Waals surface area contributed by atoms with Crippen molar-refractivity contribution in [2.24, 2.45) is 0 Å². The van der Waals surface area contributed by atoms with Crippen LogP contribution in [0.4, 0.5) is 11.4 Å². The number of rotatable bonds is 2. The smallest absolute Gasteiger partial charge is 0.146 e. The average molecular weight is 576 g/mol. The van der Waals surface area contributed by atoms with Gasteiger partial charge in [-0.2, -0.15) is 0 Å². The second-order valence-electron chi connectivity index (χ2n) is 12.7. The minimum Gasteiger partial charge on any atom is -0.455 e. The summed E-state index contributed by atoms with van der Waals surface area (Å²) in [5.41, 5.74) is 15.4. The van der Waals surface area contributed by atoms with E-state index in [-0.39, 0.29) is 10.8 Å². The Hall–Kier alpha value is -4.60. The van der Waals surface area contributed by atoms with Gasteiger partial charge in [0.15, 0.2) is 0 Å². The van der Waals surface area contributed by atoms with Crippen LogP contribution >= 0.6 is 11.3 Å². The number of benzene rings is 5. The van der Waals surface area contributed by atoms with Crippen LogP contribution < -0.4 is 5.32 Å². The van der Waals surface area contributed by atoms with Gasteiger partial charge in [-0.25, -0.2) is 0 Å². The summed E-state index contributed by atoms with van der Waals surface area (Å²) >= 11 is 1.68. The van der Waals surface area contributed by atoms with Crippen LogP contribution in [-0.4, -0.2) is 0 Å². The Morgan fingerprint density at radius 2 is 1.00 bits per heavy atom. The van der Waals surface area contributed by atoms with E-state index in [1.165, 1.54) is 55.3 Å². The first-order valence-electron chi connectivity index (χ1n) is 14.9. The number of anilines is 2. The molecule has 5 aromatic carbocycles. The van der Waals surface area contributed by atoms with Gasteiger partial charge in [0.25, 0.3) is 0 Å². The molecule has 0 saturated carbocycles. The van der Waals surface area contributed by atoms with E-state index in [4.69, 9.17) is 4.42 Å². The summed E-state index contributed by atoms with van der Waals surface area (Å²) in [4.78, 5) is 0. The first-order chi connectivity index (χ1) is 20.8. The molecule has 2 nitrogen and oxygen atoms in total. The van der Waals surface area contributed by atoms with Crippen molar-refractivity contribution >= 4 is 44.7 Å². The van der Waals surface area contributed by atoms with Crippen molar-refractivity contribution in [1.82, 2.24) is 0 Å². The van der Waals surface area contributed by atoms with Crippen molar-refractivity contribution in [1.29, 1.82) is 0 Å². The van der Waals surface area contributed by atoms with Gasteiger partial charge in [0.05, 0.1) is 0 Å².